The molecule has 2 N–H and O–H groups in total. The van der Waals surface area contributed by atoms with Crippen LogP contribution in [0.25, 0.3) is 0 Å². The van der Waals surface area contributed by atoms with Gasteiger partial charge in [-0.05, 0) is 30.4 Å². The minimum atomic E-state index is -0.239. The number of carbonyl (C=O) groups is 1. The van der Waals surface area contributed by atoms with Crippen LogP contribution in [0.15, 0.2) is 24.3 Å². The van der Waals surface area contributed by atoms with Gasteiger partial charge in [0.05, 0.1) is 12.6 Å². The normalized spacial score (nSPS) is 26.3. The first kappa shape index (κ1) is 12.6. The van der Waals surface area contributed by atoms with Gasteiger partial charge in [0.25, 0.3) is 0 Å². The van der Waals surface area contributed by atoms with Crippen LogP contribution in [0.2, 0.25) is 0 Å². The van der Waals surface area contributed by atoms with Crippen molar-refractivity contribution in [3.63, 3.8) is 0 Å². The van der Waals surface area contributed by atoms with Crippen molar-refractivity contribution in [3.05, 3.63) is 35.4 Å². The summed E-state index contributed by atoms with van der Waals surface area (Å²) >= 11 is 0. The van der Waals surface area contributed by atoms with E-state index >= 15 is 0 Å². The molecule has 2 aliphatic heterocycles. The summed E-state index contributed by atoms with van der Waals surface area (Å²) in [4.78, 5) is 14.5. The van der Waals surface area contributed by atoms with Crippen molar-refractivity contribution in [1.82, 2.24) is 10.2 Å². The molecule has 1 fully saturated rings. The van der Waals surface area contributed by atoms with Crippen molar-refractivity contribution >= 4 is 5.91 Å². The summed E-state index contributed by atoms with van der Waals surface area (Å²) in [6.07, 6.45) is 2.88. The van der Waals surface area contributed by atoms with E-state index in [9.17, 15) is 9.90 Å². The minimum absolute atomic E-state index is 0.00314. The SMILES string of the molecule is O=C(C1NCCc2ccccc21)N1CCC[C@@H]1CO. The van der Waals surface area contributed by atoms with Crippen LogP contribution in [0, 0.1) is 0 Å². The van der Waals surface area contributed by atoms with Gasteiger partial charge >= 0.3 is 0 Å². The van der Waals surface area contributed by atoms with E-state index in [0.29, 0.717) is 0 Å². The molecular weight excluding hydrogens is 240 g/mol. The van der Waals surface area contributed by atoms with Crippen LogP contribution < -0.4 is 5.32 Å². The van der Waals surface area contributed by atoms with Gasteiger partial charge in [0.15, 0.2) is 0 Å². The predicted octanol–water partition coefficient (Wildman–Crippen LogP) is 0.857. The lowest BCUT2D eigenvalue weighted by atomic mass is 9.93. The van der Waals surface area contributed by atoms with Gasteiger partial charge in [-0.15, -0.1) is 0 Å². The molecule has 4 heteroatoms. The topological polar surface area (TPSA) is 52.6 Å². The van der Waals surface area contributed by atoms with Crippen LogP contribution in [0.1, 0.15) is 30.0 Å². The van der Waals surface area contributed by atoms with Gasteiger partial charge in [0.2, 0.25) is 5.91 Å². The van der Waals surface area contributed by atoms with Gasteiger partial charge in [0.1, 0.15) is 6.04 Å². The monoisotopic (exact) mass is 260 g/mol. The van der Waals surface area contributed by atoms with Gasteiger partial charge in [-0.25, -0.2) is 0 Å². The van der Waals surface area contributed by atoms with E-state index < -0.39 is 0 Å². The molecule has 2 atom stereocenters. The molecule has 1 amide bonds. The number of hydrogen-bond donors (Lipinski definition) is 2. The molecule has 0 aliphatic carbocycles. The van der Waals surface area contributed by atoms with Crippen LogP contribution in [0.3, 0.4) is 0 Å². The summed E-state index contributed by atoms with van der Waals surface area (Å²) in [6.45, 7) is 1.68. The minimum Gasteiger partial charge on any atom is -0.394 e. The third kappa shape index (κ3) is 2.26. The zero-order valence-corrected chi connectivity index (χ0v) is 11.0. The lowest BCUT2D eigenvalue weighted by molar-refractivity contribution is -0.135. The van der Waals surface area contributed by atoms with Gasteiger partial charge in [0, 0.05) is 13.1 Å². The summed E-state index contributed by atoms with van der Waals surface area (Å²) in [7, 11) is 0. The van der Waals surface area contributed by atoms with Crippen molar-refractivity contribution < 1.29 is 9.90 Å². The lowest BCUT2D eigenvalue weighted by Gasteiger charge is -2.32. The number of benzene rings is 1. The van der Waals surface area contributed by atoms with Gasteiger partial charge in [-0.1, -0.05) is 24.3 Å². The van der Waals surface area contributed by atoms with Crippen molar-refractivity contribution in [1.29, 1.82) is 0 Å². The molecule has 2 heterocycles. The van der Waals surface area contributed by atoms with E-state index in [4.69, 9.17) is 0 Å². The van der Waals surface area contributed by atoms with Crippen LogP contribution in [-0.2, 0) is 11.2 Å². The predicted molar refractivity (Wildman–Crippen MR) is 72.7 cm³/mol. The van der Waals surface area contributed by atoms with Gasteiger partial charge in [-0.3, -0.25) is 4.79 Å². The zero-order valence-electron chi connectivity index (χ0n) is 11.0. The van der Waals surface area contributed by atoms with Crippen molar-refractivity contribution in [2.75, 3.05) is 19.7 Å². The van der Waals surface area contributed by atoms with Crippen LogP contribution in [0.5, 0.6) is 0 Å². The molecule has 19 heavy (non-hydrogen) atoms. The maximum Gasteiger partial charge on any atom is 0.244 e. The number of fused-ring (bicyclic) bond motifs is 1. The molecule has 1 aromatic carbocycles. The quantitative estimate of drug-likeness (QED) is 0.829. The highest BCUT2D eigenvalue weighted by Crippen LogP contribution is 2.27. The molecule has 0 saturated carbocycles. The molecule has 1 aromatic rings. The number of rotatable bonds is 2. The average Bonchev–Trinajstić information content (AvgIpc) is 2.94. The number of hydrogen-bond acceptors (Lipinski definition) is 3. The van der Waals surface area contributed by atoms with Crippen LogP contribution >= 0.6 is 0 Å². The summed E-state index contributed by atoms with van der Waals surface area (Å²) in [5, 5.41) is 12.7. The first-order valence-corrected chi connectivity index (χ1v) is 7.04. The number of aliphatic hydroxyl groups excluding tert-OH is 1. The van der Waals surface area contributed by atoms with Gasteiger partial charge < -0.3 is 15.3 Å². The Bertz CT molecular complexity index is 475. The first-order valence-electron chi connectivity index (χ1n) is 7.04. The molecule has 0 aromatic heterocycles. The molecule has 102 valence electrons. The average molecular weight is 260 g/mol. The molecule has 0 spiro atoms. The highest BCUT2D eigenvalue weighted by Gasteiger charge is 2.35. The van der Waals surface area contributed by atoms with Crippen LogP contribution in [-0.4, -0.2) is 41.7 Å². The van der Waals surface area contributed by atoms with E-state index in [1.54, 1.807) is 0 Å². The van der Waals surface area contributed by atoms with E-state index in [1.807, 2.05) is 23.1 Å². The number of aliphatic hydroxyl groups is 1. The Labute approximate surface area is 113 Å². The highest BCUT2D eigenvalue weighted by molar-refractivity contribution is 5.84. The molecule has 4 nitrogen and oxygen atoms in total. The Morgan fingerprint density at radius 3 is 3.11 bits per heavy atom. The summed E-state index contributed by atoms with van der Waals surface area (Å²) in [6, 6.07) is 7.91. The van der Waals surface area contributed by atoms with Crippen molar-refractivity contribution in [2.24, 2.45) is 0 Å². The number of carbonyl (C=O) groups excluding carboxylic acids is 1. The smallest absolute Gasteiger partial charge is 0.244 e. The third-order valence-electron chi connectivity index (χ3n) is 4.23. The lowest BCUT2D eigenvalue weighted by Crippen LogP contribution is -2.46. The fraction of sp³-hybridized carbons (Fsp3) is 0.533. The van der Waals surface area contributed by atoms with E-state index in [1.165, 1.54) is 5.56 Å². The standard InChI is InChI=1S/C15H20N2O2/c18-10-12-5-3-9-17(12)15(19)14-13-6-2-1-4-11(13)7-8-16-14/h1-2,4,6,12,14,16,18H,3,5,7-10H2/t12-,14?/m1/s1. The molecule has 3 rings (SSSR count). The van der Waals surface area contributed by atoms with Crippen molar-refractivity contribution in [2.45, 2.75) is 31.3 Å². The van der Waals surface area contributed by atoms with Crippen molar-refractivity contribution in [3.8, 4) is 0 Å². The Hall–Kier alpha value is -1.39. The number of likely N-dealkylation sites (tertiary alicyclic amines) is 1. The van der Waals surface area contributed by atoms with E-state index in [0.717, 1.165) is 37.9 Å². The van der Waals surface area contributed by atoms with E-state index in [2.05, 4.69) is 11.4 Å². The molecular formula is C15H20N2O2. The fourth-order valence-electron chi connectivity index (χ4n) is 3.21. The maximum absolute atomic E-state index is 12.7. The Morgan fingerprint density at radius 1 is 1.42 bits per heavy atom. The maximum atomic E-state index is 12.7. The Morgan fingerprint density at radius 2 is 2.26 bits per heavy atom. The number of nitrogens with one attached hydrogen (secondary N) is 1. The second-order valence-electron chi connectivity index (χ2n) is 5.35. The number of amides is 1. The third-order valence-corrected chi connectivity index (χ3v) is 4.23. The molecule has 0 bridgehead atoms. The molecule has 1 unspecified atom stereocenters. The highest BCUT2D eigenvalue weighted by atomic mass is 16.3. The molecule has 0 radical (unpaired) electrons. The van der Waals surface area contributed by atoms with Gasteiger partial charge in [-0.2, -0.15) is 0 Å². The second kappa shape index (κ2) is 5.31. The zero-order chi connectivity index (χ0) is 13.2. The second-order valence-corrected chi connectivity index (χ2v) is 5.35. The summed E-state index contributed by atoms with van der Waals surface area (Å²) in [5.74, 6) is 0.115. The number of nitrogens with zero attached hydrogens (tertiary/aromatic N) is 1. The largest absolute Gasteiger partial charge is 0.394 e. The van der Waals surface area contributed by atoms with E-state index in [-0.39, 0.29) is 24.6 Å². The van der Waals surface area contributed by atoms with Crippen LogP contribution in [0.4, 0.5) is 0 Å². The first-order chi connectivity index (χ1) is 9.31. The Kier molecular flexibility index (Phi) is 3.53. The molecule has 1 saturated heterocycles. The Balaban J connectivity index is 1.85. The molecule has 2 aliphatic rings. The fourth-order valence-corrected chi connectivity index (χ4v) is 3.21. The summed E-state index contributed by atoms with van der Waals surface area (Å²) < 4.78 is 0. The summed E-state index contributed by atoms with van der Waals surface area (Å²) in [5.41, 5.74) is 2.36.